The molecule has 116 valence electrons. The lowest BCUT2D eigenvalue weighted by molar-refractivity contribution is -0.145. The van der Waals surface area contributed by atoms with E-state index < -0.39 is 5.41 Å². The molecule has 0 heterocycles. The molecule has 1 aliphatic carbocycles. The Morgan fingerprint density at radius 3 is 2.20 bits per heavy atom. The number of nitrogens with zero attached hydrogens (tertiary/aromatic N) is 1. The van der Waals surface area contributed by atoms with Crippen LogP contribution in [0.25, 0.3) is 0 Å². The van der Waals surface area contributed by atoms with Crippen molar-refractivity contribution in [1.82, 2.24) is 10.2 Å². The van der Waals surface area contributed by atoms with E-state index in [0.717, 1.165) is 25.7 Å². The van der Waals surface area contributed by atoms with Crippen molar-refractivity contribution in [2.24, 2.45) is 11.1 Å². The summed E-state index contributed by atoms with van der Waals surface area (Å²) in [7, 11) is 0. The lowest BCUT2D eigenvalue weighted by atomic mass is 9.79. The zero-order chi connectivity index (χ0) is 15.0. The van der Waals surface area contributed by atoms with Crippen LogP contribution in [-0.2, 0) is 9.59 Å². The molecule has 0 bridgehead atoms. The molecule has 5 nitrogen and oxygen atoms in total. The lowest BCUT2D eigenvalue weighted by Gasteiger charge is -2.35. The molecule has 1 saturated carbocycles. The third-order valence-corrected chi connectivity index (χ3v) is 4.28. The van der Waals surface area contributed by atoms with E-state index >= 15 is 0 Å². The molecule has 0 aromatic carbocycles. The zero-order valence-electron chi connectivity index (χ0n) is 12.9. The Hall–Kier alpha value is -1.10. The summed E-state index contributed by atoms with van der Waals surface area (Å²) >= 11 is 0. The van der Waals surface area contributed by atoms with Crippen molar-refractivity contribution in [2.75, 3.05) is 26.2 Å². The highest BCUT2D eigenvalue weighted by Gasteiger charge is 2.40. The fraction of sp³-hybridized carbons (Fsp3) is 0.867. The van der Waals surface area contributed by atoms with Gasteiger partial charge in [-0.2, -0.15) is 0 Å². The summed E-state index contributed by atoms with van der Waals surface area (Å²) in [6, 6.07) is 0. The first kappa shape index (κ1) is 17.0. The molecular weight excluding hydrogens is 254 g/mol. The van der Waals surface area contributed by atoms with Gasteiger partial charge in [-0.05, 0) is 26.7 Å². The SMILES string of the molecule is CCNC(=O)CN(CC)C(=O)C1(CN)CCCCCC1. The molecule has 20 heavy (non-hydrogen) atoms. The number of carbonyl (C=O) groups excluding carboxylic acids is 2. The molecule has 0 atom stereocenters. The molecule has 1 rings (SSSR count). The Kier molecular flexibility index (Phi) is 6.99. The minimum Gasteiger partial charge on any atom is -0.355 e. The summed E-state index contributed by atoms with van der Waals surface area (Å²) in [5.41, 5.74) is 5.50. The molecule has 0 radical (unpaired) electrons. The number of likely N-dealkylation sites (N-methyl/N-ethyl adjacent to an activating group) is 2. The predicted octanol–water partition coefficient (Wildman–Crippen LogP) is 1.27. The van der Waals surface area contributed by atoms with Crippen LogP contribution in [0, 0.1) is 5.41 Å². The zero-order valence-corrected chi connectivity index (χ0v) is 12.9. The molecule has 0 aliphatic heterocycles. The van der Waals surface area contributed by atoms with Crippen LogP contribution in [-0.4, -0.2) is 42.9 Å². The van der Waals surface area contributed by atoms with Crippen LogP contribution in [0.5, 0.6) is 0 Å². The molecule has 5 heteroatoms. The topological polar surface area (TPSA) is 75.4 Å². The highest BCUT2D eigenvalue weighted by atomic mass is 16.2. The smallest absolute Gasteiger partial charge is 0.239 e. The van der Waals surface area contributed by atoms with Crippen molar-refractivity contribution in [2.45, 2.75) is 52.4 Å². The van der Waals surface area contributed by atoms with E-state index in [2.05, 4.69) is 5.32 Å². The van der Waals surface area contributed by atoms with Crippen molar-refractivity contribution >= 4 is 11.8 Å². The molecule has 1 fully saturated rings. The fourth-order valence-corrected chi connectivity index (χ4v) is 3.00. The van der Waals surface area contributed by atoms with Gasteiger partial charge in [0.1, 0.15) is 0 Å². The first-order valence-corrected chi connectivity index (χ1v) is 7.85. The monoisotopic (exact) mass is 283 g/mol. The van der Waals surface area contributed by atoms with Gasteiger partial charge in [0.05, 0.1) is 12.0 Å². The number of amides is 2. The Morgan fingerprint density at radius 1 is 1.15 bits per heavy atom. The van der Waals surface area contributed by atoms with Gasteiger partial charge in [-0.1, -0.05) is 25.7 Å². The van der Waals surface area contributed by atoms with Crippen LogP contribution >= 0.6 is 0 Å². The standard InChI is InChI=1S/C15H29N3O2/c1-3-17-13(19)11-18(4-2)14(20)15(12-16)9-7-5-6-8-10-15/h3-12,16H2,1-2H3,(H,17,19). The summed E-state index contributed by atoms with van der Waals surface area (Å²) in [6.07, 6.45) is 6.18. The second kappa shape index (κ2) is 8.25. The quantitative estimate of drug-likeness (QED) is 0.721. The average molecular weight is 283 g/mol. The van der Waals surface area contributed by atoms with E-state index in [0.29, 0.717) is 19.6 Å². The maximum atomic E-state index is 12.8. The molecule has 2 amide bonds. The molecule has 3 N–H and O–H groups in total. The molecule has 0 spiro atoms. The maximum absolute atomic E-state index is 12.8. The largest absolute Gasteiger partial charge is 0.355 e. The van der Waals surface area contributed by atoms with E-state index in [-0.39, 0.29) is 18.4 Å². The number of nitrogens with one attached hydrogen (secondary N) is 1. The van der Waals surface area contributed by atoms with Crippen LogP contribution in [0.1, 0.15) is 52.4 Å². The second-order valence-corrected chi connectivity index (χ2v) is 5.67. The van der Waals surface area contributed by atoms with E-state index in [1.165, 1.54) is 12.8 Å². The Labute approximate surface area is 122 Å². The number of hydrogen-bond donors (Lipinski definition) is 2. The lowest BCUT2D eigenvalue weighted by Crippen LogP contribution is -2.50. The van der Waals surface area contributed by atoms with E-state index in [1.807, 2.05) is 13.8 Å². The van der Waals surface area contributed by atoms with Gasteiger partial charge in [-0.3, -0.25) is 9.59 Å². The van der Waals surface area contributed by atoms with Gasteiger partial charge < -0.3 is 16.0 Å². The molecule has 1 aliphatic rings. The molecule has 0 unspecified atom stereocenters. The van der Waals surface area contributed by atoms with E-state index in [1.54, 1.807) is 4.90 Å². The number of rotatable bonds is 6. The van der Waals surface area contributed by atoms with Gasteiger partial charge in [-0.25, -0.2) is 0 Å². The third kappa shape index (κ3) is 4.20. The summed E-state index contributed by atoms with van der Waals surface area (Å²) in [5.74, 6) is -0.0286. The van der Waals surface area contributed by atoms with Gasteiger partial charge in [0.25, 0.3) is 0 Å². The number of nitrogens with two attached hydrogens (primary N) is 1. The average Bonchev–Trinajstić information content (AvgIpc) is 2.70. The van der Waals surface area contributed by atoms with Crippen LogP contribution in [0.2, 0.25) is 0 Å². The second-order valence-electron chi connectivity index (χ2n) is 5.67. The highest BCUT2D eigenvalue weighted by molar-refractivity contribution is 5.88. The van der Waals surface area contributed by atoms with Crippen molar-refractivity contribution in [3.63, 3.8) is 0 Å². The van der Waals surface area contributed by atoms with Crippen molar-refractivity contribution in [1.29, 1.82) is 0 Å². The molecule has 0 saturated heterocycles. The van der Waals surface area contributed by atoms with Gasteiger partial charge >= 0.3 is 0 Å². The molecule has 0 aromatic rings. The normalized spacial score (nSPS) is 18.1. The summed E-state index contributed by atoms with van der Waals surface area (Å²) < 4.78 is 0. The summed E-state index contributed by atoms with van der Waals surface area (Å²) in [5, 5.41) is 2.75. The minimum atomic E-state index is -0.445. The van der Waals surface area contributed by atoms with Crippen molar-refractivity contribution in [3.8, 4) is 0 Å². The van der Waals surface area contributed by atoms with Crippen LogP contribution in [0.4, 0.5) is 0 Å². The van der Waals surface area contributed by atoms with Gasteiger partial charge in [-0.15, -0.1) is 0 Å². The van der Waals surface area contributed by atoms with Gasteiger partial charge in [0.15, 0.2) is 0 Å². The Bertz CT molecular complexity index is 323. The van der Waals surface area contributed by atoms with E-state index in [4.69, 9.17) is 5.73 Å². The summed E-state index contributed by atoms with van der Waals surface area (Å²) in [6.45, 7) is 5.47. The maximum Gasteiger partial charge on any atom is 0.239 e. The highest BCUT2D eigenvalue weighted by Crippen LogP contribution is 2.35. The van der Waals surface area contributed by atoms with Gasteiger partial charge in [0.2, 0.25) is 11.8 Å². The molecular formula is C15H29N3O2. The molecule has 0 aromatic heterocycles. The van der Waals surface area contributed by atoms with Crippen LogP contribution in [0.3, 0.4) is 0 Å². The Balaban J connectivity index is 2.78. The Morgan fingerprint density at radius 2 is 1.75 bits per heavy atom. The van der Waals surface area contributed by atoms with Crippen molar-refractivity contribution in [3.05, 3.63) is 0 Å². The van der Waals surface area contributed by atoms with Crippen LogP contribution in [0.15, 0.2) is 0 Å². The van der Waals surface area contributed by atoms with Gasteiger partial charge in [0, 0.05) is 19.6 Å². The fourth-order valence-electron chi connectivity index (χ4n) is 3.00. The van der Waals surface area contributed by atoms with E-state index in [9.17, 15) is 9.59 Å². The minimum absolute atomic E-state index is 0.0654. The predicted molar refractivity (Wildman–Crippen MR) is 80.1 cm³/mol. The number of carbonyl (C=O) groups is 2. The summed E-state index contributed by atoms with van der Waals surface area (Å²) in [4.78, 5) is 26.2. The van der Waals surface area contributed by atoms with Crippen LogP contribution < -0.4 is 11.1 Å². The first-order chi connectivity index (χ1) is 9.59. The third-order valence-electron chi connectivity index (χ3n) is 4.28. The first-order valence-electron chi connectivity index (χ1n) is 7.85. The number of hydrogen-bond acceptors (Lipinski definition) is 3. The van der Waals surface area contributed by atoms with Crippen molar-refractivity contribution < 1.29 is 9.59 Å².